The second-order valence-electron chi connectivity index (χ2n) is 4.46. The van der Waals surface area contributed by atoms with Crippen LogP contribution in [0.5, 0.6) is 0 Å². The van der Waals surface area contributed by atoms with Crippen LogP contribution in [0.3, 0.4) is 0 Å². The molecular weight excluding hydrogens is 212 g/mol. The molecule has 1 heterocycles. The Morgan fingerprint density at radius 3 is 2.82 bits per heavy atom. The molecule has 2 aromatic rings. The van der Waals surface area contributed by atoms with Gasteiger partial charge in [0.1, 0.15) is 11.6 Å². The van der Waals surface area contributed by atoms with Crippen LogP contribution < -0.4 is 0 Å². The average Bonchev–Trinajstić information content (AvgIpc) is 2.60. The van der Waals surface area contributed by atoms with Crippen molar-refractivity contribution in [1.82, 2.24) is 9.55 Å². The molecule has 0 fully saturated rings. The fourth-order valence-corrected chi connectivity index (χ4v) is 2.12. The second kappa shape index (κ2) is 5.13. The Bertz CT molecular complexity index is 528. The van der Waals surface area contributed by atoms with Crippen LogP contribution >= 0.6 is 0 Å². The number of carbonyl (C=O) groups excluding carboxylic acids is 1. The number of hydrogen-bond donors (Lipinski definition) is 0. The molecule has 3 nitrogen and oxygen atoms in total. The minimum Gasteiger partial charge on any atom is -0.328 e. The summed E-state index contributed by atoms with van der Waals surface area (Å²) < 4.78 is 2.23. The van der Waals surface area contributed by atoms with E-state index in [1.54, 1.807) is 6.92 Å². The number of para-hydroxylation sites is 2. The third-order valence-corrected chi connectivity index (χ3v) is 3.01. The largest absolute Gasteiger partial charge is 0.328 e. The van der Waals surface area contributed by atoms with E-state index in [1.807, 2.05) is 25.1 Å². The number of carbonyl (C=O) groups is 1. The number of hydrogen-bond acceptors (Lipinski definition) is 2. The van der Waals surface area contributed by atoms with Gasteiger partial charge < -0.3 is 9.36 Å². The first-order chi connectivity index (χ1) is 8.18. The molecular formula is C14H18N2O. The van der Waals surface area contributed by atoms with Gasteiger partial charge in [-0.05, 0) is 38.8 Å². The number of Topliss-reactive ketones (excluding diaryl/α,β-unsaturated/α-hetero) is 1. The van der Waals surface area contributed by atoms with E-state index < -0.39 is 0 Å². The van der Waals surface area contributed by atoms with Crippen molar-refractivity contribution in [1.29, 1.82) is 0 Å². The summed E-state index contributed by atoms with van der Waals surface area (Å²) in [5.41, 5.74) is 2.24. The molecule has 0 aliphatic heterocycles. The number of imidazole rings is 1. The summed E-state index contributed by atoms with van der Waals surface area (Å²) in [5, 5.41) is 0. The van der Waals surface area contributed by atoms with Gasteiger partial charge in [0.15, 0.2) is 0 Å². The van der Waals surface area contributed by atoms with Gasteiger partial charge in [0, 0.05) is 13.0 Å². The van der Waals surface area contributed by atoms with Gasteiger partial charge in [-0.25, -0.2) is 4.98 Å². The lowest BCUT2D eigenvalue weighted by Gasteiger charge is -2.05. The number of fused-ring (bicyclic) bond motifs is 1. The first kappa shape index (κ1) is 11.8. The van der Waals surface area contributed by atoms with E-state index in [-0.39, 0.29) is 5.78 Å². The van der Waals surface area contributed by atoms with Gasteiger partial charge in [0.2, 0.25) is 0 Å². The zero-order valence-electron chi connectivity index (χ0n) is 10.4. The van der Waals surface area contributed by atoms with Crippen LogP contribution in [0.15, 0.2) is 24.3 Å². The first-order valence-corrected chi connectivity index (χ1v) is 6.10. The van der Waals surface area contributed by atoms with E-state index in [2.05, 4.69) is 15.6 Å². The molecule has 3 heteroatoms. The molecule has 17 heavy (non-hydrogen) atoms. The molecule has 0 aliphatic carbocycles. The molecule has 90 valence electrons. The Balaban J connectivity index is 2.07. The second-order valence-corrected chi connectivity index (χ2v) is 4.46. The highest BCUT2D eigenvalue weighted by Gasteiger charge is 2.05. The van der Waals surface area contributed by atoms with Crippen molar-refractivity contribution in [3.63, 3.8) is 0 Å². The van der Waals surface area contributed by atoms with E-state index in [0.717, 1.165) is 30.7 Å². The van der Waals surface area contributed by atoms with Crippen molar-refractivity contribution in [2.24, 2.45) is 0 Å². The summed E-state index contributed by atoms with van der Waals surface area (Å²) in [6.45, 7) is 4.63. The van der Waals surface area contributed by atoms with Crippen LogP contribution in [0.4, 0.5) is 0 Å². The van der Waals surface area contributed by atoms with Crippen molar-refractivity contribution in [2.45, 2.75) is 39.7 Å². The molecule has 0 radical (unpaired) electrons. The Kier molecular flexibility index (Phi) is 3.57. The molecule has 0 spiro atoms. The predicted molar refractivity (Wildman–Crippen MR) is 69.0 cm³/mol. The third-order valence-electron chi connectivity index (χ3n) is 3.01. The number of aromatic nitrogens is 2. The quantitative estimate of drug-likeness (QED) is 0.740. The van der Waals surface area contributed by atoms with E-state index in [0.29, 0.717) is 6.42 Å². The van der Waals surface area contributed by atoms with Crippen LogP contribution in [-0.2, 0) is 11.3 Å². The van der Waals surface area contributed by atoms with Crippen molar-refractivity contribution in [2.75, 3.05) is 0 Å². The molecule has 0 amide bonds. The Hall–Kier alpha value is -1.64. The Morgan fingerprint density at radius 2 is 2.06 bits per heavy atom. The number of unbranched alkanes of at least 4 members (excludes halogenated alkanes) is 1. The zero-order chi connectivity index (χ0) is 12.3. The fraction of sp³-hybridized carbons (Fsp3) is 0.429. The SMILES string of the molecule is CC(=O)CCCCn1c(C)nc2ccccc21. The molecule has 0 N–H and O–H groups in total. The summed E-state index contributed by atoms with van der Waals surface area (Å²) in [7, 11) is 0. The highest BCUT2D eigenvalue weighted by molar-refractivity contribution is 5.76. The van der Waals surface area contributed by atoms with Crippen molar-refractivity contribution < 1.29 is 4.79 Å². The molecule has 1 aromatic heterocycles. The molecule has 0 aliphatic rings. The number of rotatable bonds is 5. The third kappa shape index (κ3) is 2.73. The summed E-state index contributed by atoms with van der Waals surface area (Å²) in [5.74, 6) is 1.33. The van der Waals surface area contributed by atoms with Gasteiger partial charge in [-0.2, -0.15) is 0 Å². The summed E-state index contributed by atoms with van der Waals surface area (Å²) in [6.07, 6.45) is 2.67. The lowest BCUT2D eigenvalue weighted by molar-refractivity contribution is -0.117. The van der Waals surface area contributed by atoms with Gasteiger partial charge in [0.25, 0.3) is 0 Å². The minimum atomic E-state index is 0.275. The van der Waals surface area contributed by atoms with Gasteiger partial charge in [-0.15, -0.1) is 0 Å². The van der Waals surface area contributed by atoms with E-state index in [4.69, 9.17) is 0 Å². The van der Waals surface area contributed by atoms with Crippen LogP contribution in [-0.4, -0.2) is 15.3 Å². The van der Waals surface area contributed by atoms with Crippen molar-refractivity contribution in [3.05, 3.63) is 30.1 Å². The fourth-order valence-electron chi connectivity index (χ4n) is 2.12. The van der Waals surface area contributed by atoms with Crippen LogP contribution in [0.1, 0.15) is 32.0 Å². The number of aryl methyl sites for hydroxylation is 2. The van der Waals surface area contributed by atoms with Gasteiger partial charge in [-0.1, -0.05) is 12.1 Å². The molecule has 0 atom stereocenters. The van der Waals surface area contributed by atoms with Crippen molar-refractivity contribution in [3.8, 4) is 0 Å². The van der Waals surface area contributed by atoms with Gasteiger partial charge in [0.05, 0.1) is 11.0 Å². The maximum Gasteiger partial charge on any atom is 0.129 e. The molecule has 1 aromatic carbocycles. The minimum absolute atomic E-state index is 0.275. The summed E-state index contributed by atoms with van der Waals surface area (Å²) in [6, 6.07) is 8.18. The average molecular weight is 230 g/mol. The lowest BCUT2D eigenvalue weighted by atomic mass is 10.2. The normalized spacial score (nSPS) is 10.9. The highest BCUT2D eigenvalue weighted by atomic mass is 16.1. The highest BCUT2D eigenvalue weighted by Crippen LogP contribution is 2.16. The van der Waals surface area contributed by atoms with Crippen molar-refractivity contribution >= 4 is 16.8 Å². The predicted octanol–water partition coefficient (Wildman–Crippen LogP) is 3.10. The molecule has 0 unspecified atom stereocenters. The van der Waals surface area contributed by atoms with Crippen LogP contribution in [0.2, 0.25) is 0 Å². The zero-order valence-corrected chi connectivity index (χ0v) is 10.4. The molecule has 0 saturated heterocycles. The standard InChI is InChI=1S/C14H18N2O/c1-11(17)7-5-6-10-16-12(2)15-13-8-3-4-9-14(13)16/h3-4,8-9H,5-7,10H2,1-2H3. The topological polar surface area (TPSA) is 34.9 Å². The lowest BCUT2D eigenvalue weighted by Crippen LogP contribution is -2.01. The van der Waals surface area contributed by atoms with E-state index >= 15 is 0 Å². The molecule has 0 bridgehead atoms. The summed E-state index contributed by atoms with van der Waals surface area (Å²) >= 11 is 0. The van der Waals surface area contributed by atoms with E-state index in [9.17, 15) is 4.79 Å². The molecule has 0 saturated carbocycles. The van der Waals surface area contributed by atoms with Gasteiger partial charge in [-0.3, -0.25) is 0 Å². The van der Waals surface area contributed by atoms with E-state index in [1.165, 1.54) is 5.52 Å². The Morgan fingerprint density at radius 1 is 1.29 bits per heavy atom. The monoisotopic (exact) mass is 230 g/mol. The maximum absolute atomic E-state index is 10.9. The number of ketones is 1. The van der Waals surface area contributed by atoms with Crippen LogP contribution in [0, 0.1) is 6.92 Å². The maximum atomic E-state index is 10.9. The Labute approximate surface area is 101 Å². The summed E-state index contributed by atoms with van der Waals surface area (Å²) in [4.78, 5) is 15.4. The smallest absolute Gasteiger partial charge is 0.129 e. The number of benzene rings is 1. The molecule has 2 rings (SSSR count). The van der Waals surface area contributed by atoms with Crippen LogP contribution in [0.25, 0.3) is 11.0 Å². The van der Waals surface area contributed by atoms with Gasteiger partial charge >= 0.3 is 0 Å². The number of nitrogens with zero attached hydrogens (tertiary/aromatic N) is 2. The first-order valence-electron chi connectivity index (χ1n) is 6.10.